The summed E-state index contributed by atoms with van der Waals surface area (Å²) >= 11 is 0. The van der Waals surface area contributed by atoms with E-state index in [2.05, 4.69) is 0 Å². The third-order valence-electron chi connectivity index (χ3n) is 2.81. The van der Waals surface area contributed by atoms with Gasteiger partial charge in [-0.3, -0.25) is 14.9 Å². The molecule has 0 aliphatic rings. The number of ether oxygens (including phenoxy) is 2. The molecule has 9 heteroatoms. The molecule has 2 aromatic carbocycles. The number of alkyl halides is 3. The topological polar surface area (TPSA) is 78.7 Å². The van der Waals surface area contributed by atoms with Crippen molar-refractivity contribution in [2.75, 3.05) is 0 Å². The van der Waals surface area contributed by atoms with Gasteiger partial charge in [-0.05, 0) is 24.3 Å². The van der Waals surface area contributed by atoms with Gasteiger partial charge in [-0.2, -0.15) is 13.2 Å². The summed E-state index contributed by atoms with van der Waals surface area (Å²) in [6.45, 7) is 1.15. The molecule has 2 rings (SSSR count). The molecular formula is C15H10F3NO5. The number of rotatable bonds is 4. The van der Waals surface area contributed by atoms with Gasteiger partial charge in [0.1, 0.15) is 0 Å². The summed E-state index contributed by atoms with van der Waals surface area (Å²) in [6, 6.07) is 7.67. The molecule has 0 amide bonds. The Balaban J connectivity index is 2.44. The fourth-order valence-electron chi connectivity index (χ4n) is 1.81. The minimum absolute atomic E-state index is 0.0146. The van der Waals surface area contributed by atoms with Crippen LogP contribution in [0.2, 0.25) is 0 Å². The molecular weight excluding hydrogens is 331 g/mol. The highest BCUT2D eigenvalue weighted by molar-refractivity contribution is 5.70. The lowest BCUT2D eigenvalue weighted by molar-refractivity contribution is -0.385. The molecule has 0 N–H and O–H groups in total. The van der Waals surface area contributed by atoms with Gasteiger partial charge in [0.15, 0.2) is 11.5 Å². The monoisotopic (exact) mass is 341 g/mol. The number of benzene rings is 2. The minimum atomic E-state index is -4.72. The Labute approximate surface area is 133 Å². The maximum Gasteiger partial charge on any atom is 0.416 e. The summed E-state index contributed by atoms with van der Waals surface area (Å²) in [4.78, 5) is 21.1. The molecule has 0 heterocycles. The second kappa shape index (κ2) is 6.57. The van der Waals surface area contributed by atoms with Gasteiger partial charge in [-0.25, -0.2) is 0 Å². The lowest BCUT2D eigenvalue weighted by atomic mass is 10.2. The molecule has 2 aromatic rings. The second-order valence-corrected chi connectivity index (χ2v) is 4.58. The Morgan fingerprint density at radius 2 is 1.71 bits per heavy atom. The first-order valence-corrected chi connectivity index (χ1v) is 6.49. The zero-order valence-corrected chi connectivity index (χ0v) is 12.2. The lowest BCUT2D eigenvalue weighted by Gasteiger charge is -2.12. The highest BCUT2D eigenvalue weighted by atomic mass is 19.4. The zero-order chi connectivity index (χ0) is 17.9. The van der Waals surface area contributed by atoms with E-state index in [0.717, 1.165) is 13.0 Å². The van der Waals surface area contributed by atoms with E-state index in [1.165, 1.54) is 24.3 Å². The fourth-order valence-corrected chi connectivity index (χ4v) is 1.81. The van der Waals surface area contributed by atoms with E-state index in [0.29, 0.717) is 12.1 Å². The molecule has 0 saturated heterocycles. The van der Waals surface area contributed by atoms with E-state index in [-0.39, 0.29) is 11.5 Å². The van der Waals surface area contributed by atoms with Crippen LogP contribution in [0.25, 0.3) is 0 Å². The molecule has 0 aromatic heterocycles. The molecule has 24 heavy (non-hydrogen) atoms. The number of hydrogen-bond acceptors (Lipinski definition) is 5. The van der Waals surface area contributed by atoms with Gasteiger partial charge < -0.3 is 9.47 Å². The largest absolute Gasteiger partial charge is 0.446 e. The maximum atomic E-state index is 12.7. The van der Waals surface area contributed by atoms with E-state index in [4.69, 9.17) is 9.47 Å². The molecule has 0 aliphatic heterocycles. The number of nitrogens with zero attached hydrogens (tertiary/aromatic N) is 1. The Hall–Kier alpha value is -3.10. The van der Waals surface area contributed by atoms with Gasteiger partial charge in [0.2, 0.25) is 5.75 Å². The number of nitro groups is 1. The second-order valence-electron chi connectivity index (χ2n) is 4.58. The number of carbonyl (C=O) groups excluding carboxylic acids is 1. The van der Waals surface area contributed by atoms with E-state index in [9.17, 15) is 28.1 Å². The third kappa shape index (κ3) is 4.00. The average molecular weight is 341 g/mol. The molecule has 0 saturated carbocycles. The predicted octanol–water partition coefficient (Wildman–Crippen LogP) is 4.33. The summed E-state index contributed by atoms with van der Waals surface area (Å²) in [5, 5.41) is 11.0. The lowest BCUT2D eigenvalue weighted by Crippen LogP contribution is -2.06. The standard InChI is InChI=1S/C15H10F3NO5/c1-9(20)23-13-4-2-3-5-14(13)24-12-7-6-10(15(16,17)18)8-11(12)19(21)22/h2-8H,1H3. The van der Waals surface area contributed by atoms with Crippen molar-refractivity contribution >= 4 is 11.7 Å². The number of para-hydroxylation sites is 2. The van der Waals surface area contributed by atoms with Crippen LogP contribution >= 0.6 is 0 Å². The highest BCUT2D eigenvalue weighted by Gasteiger charge is 2.33. The maximum absolute atomic E-state index is 12.7. The molecule has 126 valence electrons. The van der Waals surface area contributed by atoms with Crippen molar-refractivity contribution < 1.29 is 32.4 Å². The summed E-state index contributed by atoms with van der Waals surface area (Å²) in [5.41, 5.74) is -2.03. The quantitative estimate of drug-likeness (QED) is 0.358. The SMILES string of the molecule is CC(=O)Oc1ccccc1Oc1ccc(C(F)(F)F)cc1[N+](=O)[O-]. The molecule has 6 nitrogen and oxygen atoms in total. The predicted molar refractivity (Wildman–Crippen MR) is 75.9 cm³/mol. The first kappa shape index (κ1) is 17.3. The first-order chi connectivity index (χ1) is 11.2. The van der Waals surface area contributed by atoms with E-state index in [1.54, 1.807) is 0 Å². The van der Waals surface area contributed by atoms with Crippen LogP contribution in [-0.2, 0) is 11.0 Å². The molecule has 0 aliphatic carbocycles. The van der Waals surface area contributed by atoms with Crippen molar-refractivity contribution in [3.8, 4) is 17.2 Å². The van der Waals surface area contributed by atoms with Crippen LogP contribution < -0.4 is 9.47 Å². The van der Waals surface area contributed by atoms with Gasteiger partial charge in [-0.15, -0.1) is 0 Å². The highest BCUT2D eigenvalue weighted by Crippen LogP contribution is 2.39. The molecule has 0 unspecified atom stereocenters. The van der Waals surface area contributed by atoms with E-state index >= 15 is 0 Å². The van der Waals surface area contributed by atoms with Crippen molar-refractivity contribution in [2.24, 2.45) is 0 Å². The van der Waals surface area contributed by atoms with E-state index < -0.39 is 34.1 Å². The molecule has 0 bridgehead atoms. The van der Waals surface area contributed by atoms with Crippen LogP contribution in [0.1, 0.15) is 12.5 Å². The van der Waals surface area contributed by atoms with Gasteiger partial charge in [0, 0.05) is 13.0 Å². The van der Waals surface area contributed by atoms with Crippen molar-refractivity contribution in [1.29, 1.82) is 0 Å². The average Bonchev–Trinajstić information content (AvgIpc) is 2.47. The zero-order valence-electron chi connectivity index (χ0n) is 12.2. The molecule has 0 atom stereocenters. The van der Waals surface area contributed by atoms with Crippen LogP contribution in [-0.4, -0.2) is 10.9 Å². The smallest absolute Gasteiger partial charge is 0.416 e. The van der Waals surface area contributed by atoms with Crippen LogP contribution in [0, 0.1) is 10.1 Å². The Kier molecular flexibility index (Phi) is 4.72. The Morgan fingerprint density at radius 3 is 2.25 bits per heavy atom. The number of halogens is 3. The van der Waals surface area contributed by atoms with Crippen molar-refractivity contribution in [3.05, 3.63) is 58.1 Å². The van der Waals surface area contributed by atoms with Crippen molar-refractivity contribution in [2.45, 2.75) is 13.1 Å². The van der Waals surface area contributed by atoms with E-state index in [1.807, 2.05) is 0 Å². The van der Waals surface area contributed by atoms with Crippen molar-refractivity contribution in [3.63, 3.8) is 0 Å². The Morgan fingerprint density at radius 1 is 1.08 bits per heavy atom. The van der Waals surface area contributed by atoms with Gasteiger partial charge in [0.25, 0.3) is 0 Å². The van der Waals surface area contributed by atoms with Crippen molar-refractivity contribution in [1.82, 2.24) is 0 Å². The molecule has 0 radical (unpaired) electrons. The van der Waals surface area contributed by atoms with Crippen LogP contribution in [0.15, 0.2) is 42.5 Å². The summed E-state index contributed by atoms with van der Waals surface area (Å²) < 4.78 is 48.2. The number of hydrogen-bond donors (Lipinski definition) is 0. The van der Waals surface area contributed by atoms with Crippen LogP contribution in [0.4, 0.5) is 18.9 Å². The summed E-state index contributed by atoms with van der Waals surface area (Å²) in [6.07, 6.45) is -4.72. The summed E-state index contributed by atoms with van der Waals surface area (Å²) in [7, 11) is 0. The molecule has 0 fully saturated rings. The normalized spacial score (nSPS) is 11.0. The third-order valence-corrected chi connectivity index (χ3v) is 2.81. The summed E-state index contributed by atoms with van der Waals surface area (Å²) in [5.74, 6) is -1.12. The minimum Gasteiger partial charge on any atom is -0.446 e. The fraction of sp³-hybridized carbons (Fsp3) is 0.133. The number of carbonyl (C=O) groups is 1. The first-order valence-electron chi connectivity index (χ1n) is 6.49. The number of esters is 1. The van der Waals surface area contributed by atoms with Crippen LogP contribution in [0.3, 0.4) is 0 Å². The van der Waals surface area contributed by atoms with Gasteiger partial charge >= 0.3 is 17.8 Å². The van der Waals surface area contributed by atoms with Gasteiger partial charge in [0.05, 0.1) is 10.5 Å². The van der Waals surface area contributed by atoms with Gasteiger partial charge in [-0.1, -0.05) is 12.1 Å². The van der Waals surface area contributed by atoms with Crippen LogP contribution in [0.5, 0.6) is 17.2 Å². The Bertz CT molecular complexity index is 789. The molecule has 0 spiro atoms. The number of nitro benzene ring substituents is 1.